The van der Waals surface area contributed by atoms with Crippen LogP contribution in [0.3, 0.4) is 0 Å². The summed E-state index contributed by atoms with van der Waals surface area (Å²) in [7, 11) is 0. The third kappa shape index (κ3) is 7.71. The second-order valence-corrected chi connectivity index (χ2v) is 7.92. The van der Waals surface area contributed by atoms with E-state index in [1.54, 1.807) is 38.1 Å². The number of aliphatic hydroxyl groups is 1. The van der Waals surface area contributed by atoms with E-state index in [-0.39, 0.29) is 42.1 Å². The zero-order valence-electron chi connectivity index (χ0n) is 19.0. The van der Waals surface area contributed by atoms with Crippen LogP contribution < -0.4 is 21.3 Å². The molecule has 176 valence electrons. The molecule has 0 bridgehead atoms. The summed E-state index contributed by atoms with van der Waals surface area (Å²) < 4.78 is 5.83. The van der Waals surface area contributed by atoms with Crippen LogP contribution in [0.4, 0.5) is 5.82 Å². The highest BCUT2D eigenvalue weighted by Gasteiger charge is 2.24. The lowest BCUT2D eigenvalue weighted by Gasteiger charge is -2.19. The van der Waals surface area contributed by atoms with Crippen molar-refractivity contribution in [2.45, 2.75) is 45.8 Å². The zero-order chi connectivity index (χ0) is 24.6. The predicted molar refractivity (Wildman–Crippen MR) is 120 cm³/mol. The van der Waals surface area contributed by atoms with Crippen molar-refractivity contribution in [3.05, 3.63) is 35.4 Å². The smallest absolute Gasteiger partial charge is 0.284 e. The Hall–Kier alpha value is -3.75. The lowest BCUT2D eigenvalue weighted by molar-refractivity contribution is -0.121. The number of hydroxylamine groups is 1. The molecule has 1 aromatic carbocycles. The average Bonchev–Trinajstić information content (AvgIpc) is 2.76. The Morgan fingerprint density at radius 2 is 2.06 bits per heavy atom. The van der Waals surface area contributed by atoms with Gasteiger partial charge in [-0.1, -0.05) is 19.1 Å². The molecule has 0 saturated carbocycles. The summed E-state index contributed by atoms with van der Waals surface area (Å²) in [6.45, 7) is 6.45. The molecule has 0 spiro atoms. The van der Waals surface area contributed by atoms with Crippen LogP contribution in [-0.4, -0.2) is 51.7 Å². The molecule has 1 atom stereocenters. The molecule has 0 aliphatic rings. The highest BCUT2D eigenvalue weighted by atomic mass is 16.7. The number of aromatic nitrogens is 2. The highest BCUT2D eigenvalue weighted by Crippen LogP contribution is 2.27. The Balaban J connectivity index is 2.38. The number of ether oxygens (including phenoxy) is 1. The van der Waals surface area contributed by atoms with Crippen LogP contribution in [0.15, 0.2) is 24.3 Å². The van der Waals surface area contributed by atoms with Gasteiger partial charge in [0.05, 0.1) is 23.8 Å². The number of anilines is 1. The third-order valence-corrected chi connectivity index (χ3v) is 4.19. The van der Waals surface area contributed by atoms with Crippen LogP contribution in [0.1, 0.15) is 50.0 Å². The van der Waals surface area contributed by atoms with Gasteiger partial charge in [0.25, 0.3) is 5.91 Å². The van der Waals surface area contributed by atoms with Gasteiger partial charge >= 0.3 is 0 Å². The van der Waals surface area contributed by atoms with E-state index in [1.165, 1.54) is 13.8 Å². The van der Waals surface area contributed by atoms with Crippen LogP contribution in [0.2, 0.25) is 0 Å². The number of hydrogen-bond donors (Lipinski definition) is 4. The maximum absolute atomic E-state index is 12.7. The molecule has 2 aromatic rings. The molecule has 11 nitrogen and oxygen atoms in total. The molecule has 0 radical (unpaired) electrons. The van der Waals surface area contributed by atoms with Crippen LogP contribution in [0.5, 0.6) is 5.88 Å². The second kappa shape index (κ2) is 11.2. The highest BCUT2D eigenvalue weighted by molar-refractivity contribution is 6.00. The van der Waals surface area contributed by atoms with Gasteiger partial charge < -0.3 is 20.9 Å². The summed E-state index contributed by atoms with van der Waals surface area (Å²) in [5.41, 5.74) is 7.83. The maximum Gasteiger partial charge on any atom is 0.284 e. The monoisotopic (exact) mass is 456 g/mol. The van der Waals surface area contributed by atoms with Crippen molar-refractivity contribution < 1.29 is 24.3 Å². The number of nitriles is 1. The first-order chi connectivity index (χ1) is 15.5. The van der Waals surface area contributed by atoms with Gasteiger partial charge in [-0.15, -0.1) is 0 Å². The molecular weight excluding hydrogens is 428 g/mol. The lowest BCUT2D eigenvalue weighted by Crippen LogP contribution is -2.35. The van der Waals surface area contributed by atoms with Crippen molar-refractivity contribution in [3.63, 3.8) is 0 Å². The Labute approximate surface area is 191 Å². The van der Waals surface area contributed by atoms with Crippen molar-refractivity contribution in [3.8, 4) is 23.3 Å². The summed E-state index contributed by atoms with van der Waals surface area (Å²) in [5.74, 6) is -1.07. The first-order valence-electron chi connectivity index (χ1n) is 10.3. The van der Waals surface area contributed by atoms with E-state index in [0.717, 1.165) is 0 Å². The topological polar surface area (TPSA) is 172 Å². The largest absolute Gasteiger partial charge is 0.472 e. The second-order valence-electron chi connectivity index (χ2n) is 7.92. The molecular formula is C22H28N6O5. The van der Waals surface area contributed by atoms with Crippen molar-refractivity contribution in [2.75, 3.05) is 18.9 Å². The molecule has 2 amide bonds. The number of carbonyl (C=O) groups is 2. The van der Waals surface area contributed by atoms with Gasteiger partial charge in [-0.25, -0.2) is 10.5 Å². The molecule has 1 aromatic heterocycles. The summed E-state index contributed by atoms with van der Waals surface area (Å²) in [4.78, 5) is 37.9. The Morgan fingerprint density at radius 3 is 2.70 bits per heavy atom. The minimum absolute atomic E-state index is 0.123. The van der Waals surface area contributed by atoms with E-state index in [0.29, 0.717) is 17.5 Å². The fraction of sp³-hybridized carbons (Fsp3) is 0.409. The molecule has 5 N–H and O–H groups in total. The number of amides is 2. The minimum Gasteiger partial charge on any atom is -0.472 e. The molecule has 11 heteroatoms. The lowest BCUT2D eigenvalue weighted by atomic mass is 10.1. The SMILES string of the molecule is CCC(=O)NC[C@H](C)Oc1nc(-c2cccc(C#N)c2)nc(N)c1C(=O)NOCC(C)(C)O. The average molecular weight is 457 g/mol. The first kappa shape index (κ1) is 25.5. The molecule has 1 heterocycles. The minimum atomic E-state index is -1.17. The summed E-state index contributed by atoms with van der Waals surface area (Å²) in [5, 5.41) is 21.6. The first-order valence-corrected chi connectivity index (χ1v) is 10.3. The van der Waals surface area contributed by atoms with Crippen LogP contribution in [0.25, 0.3) is 11.4 Å². The van der Waals surface area contributed by atoms with E-state index in [4.69, 9.17) is 20.6 Å². The summed E-state index contributed by atoms with van der Waals surface area (Å²) in [6.07, 6.45) is -0.240. The molecule has 2 rings (SSSR count). The van der Waals surface area contributed by atoms with Gasteiger partial charge in [-0.05, 0) is 32.9 Å². The van der Waals surface area contributed by atoms with Crippen molar-refractivity contribution in [1.82, 2.24) is 20.8 Å². The van der Waals surface area contributed by atoms with Crippen LogP contribution in [-0.2, 0) is 9.63 Å². The van der Waals surface area contributed by atoms with Crippen LogP contribution >= 0.6 is 0 Å². The van der Waals surface area contributed by atoms with Crippen molar-refractivity contribution >= 4 is 17.6 Å². The molecule has 0 aliphatic heterocycles. The Morgan fingerprint density at radius 1 is 1.33 bits per heavy atom. The molecule has 0 fully saturated rings. The van der Waals surface area contributed by atoms with Gasteiger partial charge in [0.15, 0.2) is 5.82 Å². The van der Waals surface area contributed by atoms with Gasteiger partial charge in [-0.3, -0.25) is 14.4 Å². The quantitative estimate of drug-likeness (QED) is 0.385. The number of benzene rings is 1. The van der Waals surface area contributed by atoms with Gasteiger partial charge in [0.1, 0.15) is 24.1 Å². The maximum atomic E-state index is 12.7. The van der Waals surface area contributed by atoms with E-state index < -0.39 is 17.6 Å². The Kier molecular flexibility index (Phi) is 8.67. The van der Waals surface area contributed by atoms with E-state index in [2.05, 4.69) is 20.8 Å². The number of nitrogens with zero attached hydrogens (tertiary/aromatic N) is 3. The summed E-state index contributed by atoms with van der Waals surface area (Å²) in [6, 6.07) is 8.61. The molecule has 0 unspecified atom stereocenters. The number of hydrogen-bond acceptors (Lipinski definition) is 9. The molecule has 33 heavy (non-hydrogen) atoms. The number of nitrogens with one attached hydrogen (secondary N) is 2. The van der Waals surface area contributed by atoms with Crippen LogP contribution in [0, 0.1) is 11.3 Å². The number of rotatable bonds is 10. The van der Waals surface area contributed by atoms with E-state index in [9.17, 15) is 14.7 Å². The predicted octanol–water partition coefficient (Wildman–Crippen LogP) is 1.32. The normalized spacial score (nSPS) is 11.9. The third-order valence-electron chi connectivity index (χ3n) is 4.19. The number of nitrogens with two attached hydrogens (primary N) is 1. The fourth-order valence-corrected chi connectivity index (χ4v) is 2.56. The molecule has 0 aliphatic carbocycles. The fourth-order valence-electron chi connectivity index (χ4n) is 2.56. The van der Waals surface area contributed by atoms with Gasteiger partial charge in [0, 0.05) is 12.0 Å². The van der Waals surface area contributed by atoms with Crippen molar-refractivity contribution in [1.29, 1.82) is 5.26 Å². The van der Waals surface area contributed by atoms with Gasteiger partial charge in [-0.2, -0.15) is 10.2 Å². The standard InChI is InChI=1S/C22H28N6O5/c1-5-16(29)25-11-13(2)33-21-17(20(30)28-32-12-22(3,4)31)18(24)26-19(27-21)15-8-6-7-14(9-15)10-23/h6-9,13,31H,5,11-12H2,1-4H3,(H,25,29)(H,28,30)(H2,24,26,27)/t13-/m0/s1. The molecule has 0 saturated heterocycles. The summed E-state index contributed by atoms with van der Waals surface area (Å²) >= 11 is 0. The number of nitrogen functional groups attached to an aromatic ring is 1. The van der Waals surface area contributed by atoms with E-state index in [1.807, 2.05) is 6.07 Å². The van der Waals surface area contributed by atoms with Gasteiger partial charge in [0.2, 0.25) is 11.8 Å². The number of carbonyl (C=O) groups excluding carboxylic acids is 2. The zero-order valence-corrected chi connectivity index (χ0v) is 19.0. The van der Waals surface area contributed by atoms with E-state index >= 15 is 0 Å². The Bertz CT molecular complexity index is 1040. The van der Waals surface area contributed by atoms with Crippen molar-refractivity contribution in [2.24, 2.45) is 0 Å².